The predicted octanol–water partition coefficient (Wildman–Crippen LogP) is 3.67. The number of hydrogen-bond donors (Lipinski definition) is 0. The molecule has 2 aromatic rings. The number of likely N-dealkylation sites (tertiary alicyclic amines) is 1. The first kappa shape index (κ1) is 14.9. The lowest BCUT2D eigenvalue weighted by Crippen LogP contribution is -2.42. The third kappa shape index (κ3) is 3.07. The third-order valence-electron chi connectivity index (χ3n) is 3.96. The molecule has 0 aliphatic carbocycles. The number of nitrogens with zero attached hydrogens (tertiary/aromatic N) is 1. The molecule has 1 unspecified atom stereocenters. The molecule has 0 spiro atoms. The minimum atomic E-state index is -0.178. The van der Waals surface area contributed by atoms with Gasteiger partial charge >= 0.3 is 0 Å². The van der Waals surface area contributed by atoms with Crippen LogP contribution in [0.5, 0.6) is 0 Å². The van der Waals surface area contributed by atoms with Crippen molar-refractivity contribution in [3.05, 3.63) is 59.0 Å². The Morgan fingerprint density at radius 3 is 2.82 bits per heavy atom. The maximum Gasteiger partial charge on any atom is 0.257 e. The number of benzene rings is 1. The van der Waals surface area contributed by atoms with Crippen LogP contribution < -0.4 is 0 Å². The molecule has 1 aliphatic rings. The summed E-state index contributed by atoms with van der Waals surface area (Å²) in [6, 6.07) is 8.61. The fourth-order valence-electron chi connectivity index (χ4n) is 2.82. The summed E-state index contributed by atoms with van der Waals surface area (Å²) in [5.74, 6) is -0.215. The molecule has 1 aliphatic heterocycles. The Balaban J connectivity index is 1.73. The Labute approximate surface area is 133 Å². The van der Waals surface area contributed by atoms with E-state index >= 15 is 0 Å². The van der Waals surface area contributed by atoms with E-state index in [9.17, 15) is 9.59 Å². The van der Waals surface area contributed by atoms with Crippen molar-refractivity contribution in [1.82, 2.24) is 4.90 Å². The van der Waals surface area contributed by atoms with Crippen molar-refractivity contribution in [3.8, 4) is 0 Å². The summed E-state index contributed by atoms with van der Waals surface area (Å²) in [4.78, 5) is 26.7. The largest absolute Gasteiger partial charge is 0.472 e. The van der Waals surface area contributed by atoms with Gasteiger partial charge in [-0.15, -0.1) is 0 Å². The lowest BCUT2D eigenvalue weighted by atomic mass is 9.90. The van der Waals surface area contributed by atoms with Gasteiger partial charge in [-0.25, -0.2) is 0 Å². The second kappa shape index (κ2) is 6.36. The molecule has 0 bridgehead atoms. The molecule has 1 saturated heterocycles. The zero-order valence-electron chi connectivity index (χ0n) is 12.0. The van der Waals surface area contributed by atoms with Gasteiger partial charge in [0.05, 0.1) is 11.8 Å². The second-order valence-electron chi connectivity index (χ2n) is 5.48. The highest BCUT2D eigenvalue weighted by atomic mass is 35.5. The number of furan rings is 1. The molecule has 1 amide bonds. The van der Waals surface area contributed by atoms with Crippen LogP contribution in [0.2, 0.25) is 5.02 Å². The van der Waals surface area contributed by atoms with Gasteiger partial charge in [-0.3, -0.25) is 9.59 Å². The highest BCUT2D eigenvalue weighted by Gasteiger charge is 2.29. The van der Waals surface area contributed by atoms with Gasteiger partial charge in [0.2, 0.25) is 0 Å². The lowest BCUT2D eigenvalue weighted by molar-refractivity contribution is 0.0636. The van der Waals surface area contributed by atoms with E-state index in [4.69, 9.17) is 16.0 Å². The molecule has 0 N–H and O–H groups in total. The summed E-state index contributed by atoms with van der Waals surface area (Å²) in [5, 5.41) is 0.549. The fourth-order valence-corrected chi connectivity index (χ4v) is 3.01. The number of rotatable bonds is 3. The second-order valence-corrected chi connectivity index (χ2v) is 5.91. The lowest BCUT2D eigenvalue weighted by Gasteiger charge is -2.31. The van der Waals surface area contributed by atoms with E-state index in [1.165, 1.54) is 12.5 Å². The van der Waals surface area contributed by atoms with E-state index in [-0.39, 0.29) is 17.6 Å². The summed E-state index contributed by atoms with van der Waals surface area (Å²) in [6.45, 7) is 1.11. The van der Waals surface area contributed by atoms with Crippen LogP contribution in [0.25, 0.3) is 0 Å². The maximum absolute atomic E-state index is 12.6. The Kier molecular flexibility index (Phi) is 4.29. The molecule has 1 aromatic carbocycles. The molecule has 3 rings (SSSR count). The third-order valence-corrected chi connectivity index (χ3v) is 4.19. The summed E-state index contributed by atoms with van der Waals surface area (Å²) >= 11 is 5.95. The predicted molar refractivity (Wildman–Crippen MR) is 83.1 cm³/mol. The standard InChI is InChI=1S/C17H16ClNO3/c18-15-5-1-3-12(9-15)16(20)13-4-2-7-19(10-13)17(21)14-6-8-22-11-14/h1,3,5-6,8-9,11,13H,2,4,7,10H2. The van der Waals surface area contributed by atoms with Gasteiger partial charge in [-0.05, 0) is 31.0 Å². The van der Waals surface area contributed by atoms with E-state index in [2.05, 4.69) is 0 Å². The summed E-state index contributed by atoms with van der Waals surface area (Å²) in [6.07, 6.45) is 4.53. The number of Topliss-reactive ketones (excluding diaryl/α,β-unsaturated/α-hetero) is 1. The smallest absolute Gasteiger partial charge is 0.257 e. The zero-order chi connectivity index (χ0) is 15.5. The molecule has 22 heavy (non-hydrogen) atoms. The van der Waals surface area contributed by atoms with E-state index < -0.39 is 0 Å². The van der Waals surface area contributed by atoms with Gasteiger partial charge in [-0.1, -0.05) is 23.7 Å². The number of piperidine rings is 1. The van der Waals surface area contributed by atoms with Gasteiger partial charge in [0.1, 0.15) is 6.26 Å². The van der Waals surface area contributed by atoms with Gasteiger partial charge < -0.3 is 9.32 Å². The summed E-state index contributed by atoms with van der Waals surface area (Å²) < 4.78 is 4.95. The van der Waals surface area contributed by atoms with E-state index in [1.54, 1.807) is 35.2 Å². The average molecular weight is 318 g/mol. The number of halogens is 1. The molecular formula is C17H16ClNO3. The van der Waals surface area contributed by atoms with Crippen LogP contribution in [-0.4, -0.2) is 29.7 Å². The Morgan fingerprint density at radius 1 is 1.23 bits per heavy atom. The monoisotopic (exact) mass is 317 g/mol. The molecule has 1 aromatic heterocycles. The molecule has 1 atom stereocenters. The number of hydrogen-bond acceptors (Lipinski definition) is 3. The van der Waals surface area contributed by atoms with Crippen LogP contribution in [0.15, 0.2) is 47.3 Å². The SMILES string of the molecule is O=C(c1cccc(Cl)c1)C1CCCN(C(=O)c2ccoc2)C1. The van der Waals surface area contributed by atoms with E-state index in [0.717, 1.165) is 12.8 Å². The molecule has 5 heteroatoms. The van der Waals surface area contributed by atoms with Crippen LogP contribution in [0, 0.1) is 5.92 Å². The highest BCUT2D eigenvalue weighted by Crippen LogP contribution is 2.23. The van der Waals surface area contributed by atoms with Crippen molar-refractivity contribution in [2.75, 3.05) is 13.1 Å². The minimum Gasteiger partial charge on any atom is -0.472 e. The molecule has 0 saturated carbocycles. The first-order valence-electron chi connectivity index (χ1n) is 7.26. The van der Waals surface area contributed by atoms with E-state index in [1.807, 2.05) is 0 Å². The molecule has 1 fully saturated rings. The summed E-state index contributed by atoms with van der Waals surface area (Å²) in [5.41, 5.74) is 1.13. The van der Waals surface area contributed by atoms with Crippen molar-refractivity contribution in [3.63, 3.8) is 0 Å². The van der Waals surface area contributed by atoms with Crippen molar-refractivity contribution in [2.45, 2.75) is 12.8 Å². The Bertz CT molecular complexity index is 681. The topological polar surface area (TPSA) is 50.5 Å². The molecular weight excluding hydrogens is 302 g/mol. The number of ketones is 1. The molecule has 114 valence electrons. The quantitative estimate of drug-likeness (QED) is 0.812. The number of amides is 1. The molecule has 2 heterocycles. The Morgan fingerprint density at radius 2 is 2.09 bits per heavy atom. The van der Waals surface area contributed by atoms with Crippen molar-refractivity contribution < 1.29 is 14.0 Å². The van der Waals surface area contributed by atoms with Crippen LogP contribution in [-0.2, 0) is 0 Å². The van der Waals surface area contributed by atoms with Crippen LogP contribution in [0.3, 0.4) is 0 Å². The normalized spacial score (nSPS) is 18.2. The van der Waals surface area contributed by atoms with Crippen molar-refractivity contribution in [2.24, 2.45) is 5.92 Å². The number of carbonyl (C=O) groups excluding carboxylic acids is 2. The first-order chi connectivity index (χ1) is 10.6. The Hall–Kier alpha value is -2.07. The first-order valence-corrected chi connectivity index (χ1v) is 7.64. The average Bonchev–Trinajstić information content (AvgIpc) is 3.08. The zero-order valence-corrected chi connectivity index (χ0v) is 12.8. The van der Waals surface area contributed by atoms with Gasteiger partial charge in [-0.2, -0.15) is 0 Å². The fraction of sp³-hybridized carbons (Fsp3) is 0.294. The van der Waals surface area contributed by atoms with Crippen LogP contribution >= 0.6 is 11.6 Å². The number of carbonyl (C=O) groups is 2. The van der Waals surface area contributed by atoms with E-state index in [0.29, 0.717) is 29.2 Å². The van der Waals surface area contributed by atoms with Crippen LogP contribution in [0.1, 0.15) is 33.6 Å². The van der Waals surface area contributed by atoms with Gasteiger partial charge in [0.25, 0.3) is 5.91 Å². The summed E-state index contributed by atoms with van der Waals surface area (Å²) in [7, 11) is 0. The van der Waals surface area contributed by atoms with Crippen LogP contribution in [0.4, 0.5) is 0 Å². The molecule has 4 nitrogen and oxygen atoms in total. The molecule has 0 radical (unpaired) electrons. The maximum atomic E-state index is 12.6. The minimum absolute atomic E-state index is 0.0483. The highest BCUT2D eigenvalue weighted by molar-refractivity contribution is 6.31. The van der Waals surface area contributed by atoms with Crippen molar-refractivity contribution >= 4 is 23.3 Å². The van der Waals surface area contributed by atoms with Gasteiger partial charge in [0.15, 0.2) is 5.78 Å². The van der Waals surface area contributed by atoms with Crippen molar-refractivity contribution in [1.29, 1.82) is 0 Å². The van der Waals surface area contributed by atoms with Gasteiger partial charge in [0, 0.05) is 29.6 Å².